The molecule has 28 heavy (non-hydrogen) atoms. The molecule has 0 aromatic heterocycles. The molecule has 1 heterocycles. The van der Waals surface area contributed by atoms with Crippen molar-refractivity contribution >= 4 is 41.5 Å². The molecule has 0 aromatic rings. The molecule has 0 bridgehead atoms. The molecule has 1 saturated heterocycles. The van der Waals surface area contributed by atoms with Crippen molar-refractivity contribution in [3.8, 4) is 0 Å². The van der Waals surface area contributed by atoms with E-state index in [1.165, 1.54) is 43.9 Å². The van der Waals surface area contributed by atoms with Gasteiger partial charge in [0, 0.05) is 35.8 Å². The summed E-state index contributed by atoms with van der Waals surface area (Å²) < 4.78 is 5.03. The number of carbonyl (C=O) groups is 3. The number of nitrogens with zero attached hydrogens (tertiary/aromatic N) is 2. The van der Waals surface area contributed by atoms with E-state index in [4.69, 9.17) is 4.74 Å². The van der Waals surface area contributed by atoms with Gasteiger partial charge in [-0.15, -0.1) is 0 Å². The van der Waals surface area contributed by atoms with E-state index >= 15 is 0 Å². The minimum atomic E-state index is -0.0904. The maximum atomic E-state index is 11.9. The second-order valence-corrected chi connectivity index (χ2v) is 11.1. The van der Waals surface area contributed by atoms with Crippen LogP contribution in [0.3, 0.4) is 0 Å². The fourth-order valence-corrected chi connectivity index (χ4v) is 6.72. The van der Waals surface area contributed by atoms with E-state index in [2.05, 4.69) is 18.7 Å². The van der Waals surface area contributed by atoms with Crippen molar-refractivity contribution in [2.24, 2.45) is 5.92 Å². The molecule has 2 aliphatic rings. The summed E-state index contributed by atoms with van der Waals surface area (Å²) in [4.78, 5) is 38.2. The van der Waals surface area contributed by atoms with Crippen molar-refractivity contribution in [1.82, 2.24) is 9.80 Å². The second kappa shape index (κ2) is 12.1. The van der Waals surface area contributed by atoms with Crippen molar-refractivity contribution in [3.05, 3.63) is 0 Å². The number of hydrogen-bond acceptors (Lipinski definition) is 7. The van der Waals surface area contributed by atoms with Gasteiger partial charge in [0.05, 0.1) is 6.17 Å². The molecule has 8 heteroatoms. The normalized spacial score (nSPS) is 24.9. The molecule has 3 atom stereocenters. The monoisotopic (exact) mass is 430 g/mol. The Morgan fingerprint density at radius 3 is 2.50 bits per heavy atom. The van der Waals surface area contributed by atoms with Crippen LogP contribution >= 0.6 is 23.5 Å². The molecule has 0 spiro atoms. The predicted octanol–water partition coefficient (Wildman–Crippen LogP) is 3.35. The minimum absolute atomic E-state index is 0.0570. The summed E-state index contributed by atoms with van der Waals surface area (Å²) in [6, 6.07) is 0. The highest BCUT2D eigenvalue weighted by molar-refractivity contribution is 8.14. The Morgan fingerprint density at radius 2 is 1.93 bits per heavy atom. The molecule has 3 unspecified atom stereocenters. The zero-order valence-corrected chi connectivity index (χ0v) is 18.9. The van der Waals surface area contributed by atoms with Crippen molar-refractivity contribution in [2.45, 2.75) is 81.2 Å². The predicted molar refractivity (Wildman–Crippen MR) is 115 cm³/mol. The van der Waals surface area contributed by atoms with Gasteiger partial charge in [0.2, 0.25) is 6.41 Å². The smallest absolute Gasteiger partial charge is 0.294 e. The third kappa shape index (κ3) is 7.26. The van der Waals surface area contributed by atoms with Crippen LogP contribution in [0.5, 0.6) is 0 Å². The average Bonchev–Trinajstić information content (AvgIpc) is 3.06. The van der Waals surface area contributed by atoms with Gasteiger partial charge in [0.15, 0.2) is 5.12 Å². The standard InChI is InChI=1S/C20H34N2O4S2/c1-15(2)19(27-16(3)25)11-21(12-23)20-9-18(10-22(20)13-26-14-24)28-17-7-5-4-6-8-17/h12,14-15,17-20H,4-11,13H2,1-3H3. The third-order valence-electron chi connectivity index (χ3n) is 5.55. The van der Waals surface area contributed by atoms with Crippen LogP contribution in [0, 0.1) is 5.92 Å². The van der Waals surface area contributed by atoms with Crippen LogP contribution in [0.1, 0.15) is 59.3 Å². The lowest BCUT2D eigenvalue weighted by Gasteiger charge is -2.34. The van der Waals surface area contributed by atoms with Crippen LogP contribution < -0.4 is 0 Å². The maximum Gasteiger partial charge on any atom is 0.294 e. The lowest BCUT2D eigenvalue weighted by molar-refractivity contribution is -0.137. The molecule has 0 N–H and O–H groups in total. The van der Waals surface area contributed by atoms with Gasteiger partial charge in [0.25, 0.3) is 6.47 Å². The second-order valence-electron chi connectivity index (χ2n) is 8.09. The van der Waals surface area contributed by atoms with Crippen molar-refractivity contribution in [1.29, 1.82) is 0 Å². The van der Waals surface area contributed by atoms with Gasteiger partial charge < -0.3 is 9.64 Å². The van der Waals surface area contributed by atoms with Crippen LogP contribution in [0.4, 0.5) is 0 Å². The maximum absolute atomic E-state index is 11.9. The first-order valence-electron chi connectivity index (χ1n) is 10.3. The first-order chi connectivity index (χ1) is 13.4. The Balaban J connectivity index is 2.04. The molecule has 1 aliphatic heterocycles. The number of likely N-dealkylation sites (tertiary alicyclic amines) is 1. The Bertz CT molecular complexity index is 514. The molecule has 2 rings (SSSR count). The van der Waals surface area contributed by atoms with E-state index in [-0.39, 0.29) is 29.2 Å². The van der Waals surface area contributed by atoms with Gasteiger partial charge in [-0.25, -0.2) is 4.90 Å². The van der Waals surface area contributed by atoms with Crippen LogP contribution in [-0.4, -0.2) is 69.5 Å². The minimum Gasteiger partial charge on any atom is -0.452 e. The molecule has 1 amide bonds. The van der Waals surface area contributed by atoms with Crippen molar-refractivity contribution in [3.63, 3.8) is 0 Å². The van der Waals surface area contributed by atoms with Crippen LogP contribution in [0.2, 0.25) is 0 Å². The Labute approximate surface area is 177 Å². The van der Waals surface area contributed by atoms with Gasteiger partial charge in [-0.05, 0) is 25.2 Å². The van der Waals surface area contributed by atoms with Crippen LogP contribution in [-0.2, 0) is 19.1 Å². The molecule has 0 aromatic carbocycles. The largest absolute Gasteiger partial charge is 0.452 e. The molecular weight excluding hydrogens is 396 g/mol. The van der Waals surface area contributed by atoms with E-state index < -0.39 is 0 Å². The van der Waals surface area contributed by atoms with Gasteiger partial charge in [-0.2, -0.15) is 11.8 Å². The number of amides is 1. The number of carbonyl (C=O) groups excluding carboxylic acids is 3. The molecule has 6 nitrogen and oxygen atoms in total. The number of rotatable bonds is 11. The van der Waals surface area contributed by atoms with Crippen LogP contribution in [0.15, 0.2) is 0 Å². The first-order valence-corrected chi connectivity index (χ1v) is 12.1. The lowest BCUT2D eigenvalue weighted by Crippen LogP contribution is -2.47. The van der Waals surface area contributed by atoms with Gasteiger partial charge in [-0.1, -0.05) is 44.9 Å². The fourth-order valence-electron chi connectivity index (χ4n) is 4.06. The fraction of sp³-hybridized carbons (Fsp3) is 0.850. The SMILES string of the molecule is CC(=O)SC(CN(C=O)C1CC(SC2CCCCC2)CN1COC=O)C(C)C. The summed E-state index contributed by atoms with van der Waals surface area (Å²) in [5.74, 6) is 0.282. The molecular formula is C20H34N2O4S2. The zero-order valence-electron chi connectivity index (χ0n) is 17.2. The summed E-state index contributed by atoms with van der Waals surface area (Å²) in [5.41, 5.74) is 0. The topological polar surface area (TPSA) is 66.9 Å². The van der Waals surface area contributed by atoms with Gasteiger partial charge in [0.1, 0.15) is 6.73 Å². The van der Waals surface area contributed by atoms with Gasteiger partial charge in [-0.3, -0.25) is 14.4 Å². The van der Waals surface area contributed by atoms with E-state index in [1.807, 2.05) is 11.8 Å². The van der Waals surface area contributed by atoms with Crippen LogP contribution in [0.25, 0.3) is 0 Å². The highest BCUT2D eigenvalue weighted by Crippen LogP contribution is 2.37. The Hall–Kier alpha value is -0.730. The third-order valence-corrected chi connectivity index (χ3v) is 8.46. The van der Waals surface area contributed by atoms with E-state index in [0.717, 1.165) is 19.4 Å². The van der Waals surface area contributed by atoms with E-state index in [1.54, 1.807) is 11.8 Å². The van der Waals surface area contributed by atoms with Crippen molar-refractivity contribution < 1.29 is 19.1 Å². The van der Waals surface area contributed by atoms with Crippen molar-refractivity contribution in [2.75, 3.05) is 19.8 Å². The molecule has 1 saturated carbocycles. The summed E-state index contributed by atoms with van der Waals surface area (Å²) >= 11 is 3.35. The quantitative estimate of drug-likeness (QED) is 0.466. The molecule has 2 fully saturated rings. The summed E-state index contributed by atoms with van der Waals surface area (Å²) in [6.07, 6.45) is 8.19. The molecule has 0 radical (unpaired) electrons. The first kappa shape index (κ1) is 23.5. The summed E-state index contributed by atoms with van der Waals surface area (Å²) in [7, 11) is 0. The van der Waals surface area contributed by atoms with Gasteiger partial charge >= 0.3 is 0 Å². The lowest BCUT2D eigenvalue weighted by atomic mass is 10.0. The summed E-state index contributed by atoms with van der Waals surface area (Å²) in [6.45, 7) is 7.73. The Morgan fingerprint density at radius 1 is 1.21 bits per heavy atom. The molecule has 160 valence electrons. The number of hydrogen-bond donors (Lipinski definition) is 0. The molecule has 1 aliphatic carbocycles. The number of thioether (sulfide) groups is 2. The zero-order chi connectivity index (χ0) is 20.5. The van der Waals surface area contributed by atoms with E-state index in [9.17, 15) is 14.4 Å². The average molecular weight is 431 g/mol. The Kier molecular flexibility index (Phi) is 10.2. The van der Waals surface area contributed by atoms with E-state index in [0.29, 0.717) is 23.5 Å². The number of ether oxygens (including phenoxy) is 1. The highest BCUT2D eigenvalue weighted by Gasteiger charge is 2.38. The highest BCUT2D eigenvalue weighted by atomic mass is 32.2. The summed E-state index contributed by atoms with van der Waals surface area (Å²) in [5, 5.41) is 1.26.